The van der Waals surface area contributed by atoms with Gasteiger partial charge in [-0.25, -0.2) is 0 Å². The predicted octanol–water partition coefficient (Wildman–Crippen LogP) is 9.62. The van der Waals surface area contributed by atoms with Crippen molar-refractivity contribution in [1.29, 1.82) is 0 Å². The van der Waals surface area contributed by atoms with Crippen LogP contribution < -0.4 is 10.2 Å². The van der Waals surface area contributed by atoms with Crippen molar-refractivity contribution < 1.29 is 24.2 Å². The third-order valence-corrected chi connectivity index (χ3v) is 4.78. The second-order valence-electron chi connectivity index (χ2n) is 14.6. The highest BCUT2D eigenvalue weighted by Gasteiger charge is 2.27. The van der Waals surface area contributed by atoms with E-state index in [0.717, 1.165) is 23.0 Å². The number of ketones is 1. The molecule has 0 unspecified atom stereocenters. The number of aromatic nitrogens is 1. The van der Waals surface area contributed by atoms with Gasteiger partial charge in [0.25, 0.3) is 0 Å². The first-order chi connectivity index (χ1) is 20.9. The summed E-state index contributed by atoms with van der Waals surface area (Å²) in [5.41, 5.74) is 1.66. The predicted molar refractivity (Wildman–Crippen MR) is 195 cm³/mol. The lowest BCUT2D eigenvalue weighted by atomic mass is 9.79. The van der Waals surface area contributed by atoms with Crippen molar-refractivity contribution in [2.24, 2.45) is 22.7 Å². The highest BCUT2D eigenvalue weighted by Crippen LogP contribution is 2.25. The summed E-state index contributed by atoms with van der Waals surface area (Å²) in [5, 5.41) is 27.5. The van der Waals surface area contributed by atoms with E-state index in [1.54, 1.807) is 18.2 Å². The van der Waals surface area contributed by atoms with Crippen LogP contribution in [-0.2, 0) is 10.2 Å². The zero-order chi connectivity index (χ0) is 37.1. The Balaban J connectivity index is -0.000000233. The standard InChI is InChI=1S/C10H14.C8H16O2.C5H5NO.C5H4O3.C5H12.C4H10.C2H6/c1-10(2,3)9-7-5-4-6-8-9;1-6(10)7(5-9)8(2,3)4;7-6-4-2-1-3-5-6;6-4-1-2-8-3-5(4)7;1-5(2,3)4;1-4(2)3;1-2/h4-8H,1-3H3;7,9H,5H2,1-4H3;1-5H;1-3,7H;1-4H3;4H,1-3H3;1-2H3/t;7-;;;;;/m.0...../s1. The Morgan fingerprint density at radius 2 is 1.22 bits per heavy atom. The molecule has 0 saturated carbocycles. The molecule has 0 aliphatic rings. The van der Waals surface area contributed by atoms with Gasteiger partial charge in [0.1, 0.15) is 12.0 Å². The molecule has 2 aromatic heterocycles. The second kappa shape index (κ2) is 26.7. The maximum atomic E-state index is 10.9. The lowest BCUT2D eigenvalue weighted by Crippen LogP contribution is -2.29. The summed E-state index contributed by atoms with van der Waals surface area (Å²) in [6.07, 6.45) is 5.09. The van der Waals surface area contributed by atoms with Crippen LogP contribution in [0.15, 0.2) is 88.7 Å². The van der Waals surface area contributed by atoms with Crippen molar-refractivity contribution in [3.05, 3.63) is 101 Å². The molecule has 0 fully saturated rings. The number of hydrogen-bond acceptors (Lipinski definition) is 6. The molecule has 0 bridgehead atoms. The van der Waals surface area contributed by atoms with Crippen LogP contribution in [-0.4, -0.2) is 22.6 Å². The van der Waals surface area contributed by atoms with Crippen molar-refractivity contribution in [3.63, 3.8) is 0 Å². The van der Waals surface area contributed by atoms with Gasteiger partial charge in [0.15, 0.2) is 18.1 Å². The molecule has 1 aromatic carbocycles. The van der Waals surface area contributed by atoms with E-state index < -0.39 is 5.43 Å². The lowest BCUT2D eigenvalue weighted by Gasteiger charge is -2.26. The first-order valence-electron chi connectivity index (χ1n) is 16.0. The normalized spacial score (nSPS) is 10.8. The molecule has 3 aromatic rings. The van der Waals surface area contributed by atoms with Crippen LogP contribution in [0.1, 0.15) is 116 Å². The number of Topliss-reactive ketones (excluding diaryl/α,β-unsaturated/α-hetero) is 1. The van der Waals surface area contributed by atoms with E-state index >= 15 is 0 Å². The molecule has 7 heteroatoms. The topological polar surface area (TPSA) is 115 Å². The maximum absolute atomic E-state index is 10.9. The van der Waals surface area contributed by atoms with Gasteiger partial charge in [0.05, 0.1) is 12.9 Å². The monoisotopic (exact) mass is 645 g/mol. The highest BCUT2D eigenvalue weighted by molar-refractivity contribution is 5.79. The van der Waals surface area contributed by atoms with Gasteiger partial charge >= 0.3 is 0 Å². The molecule has 0 aliphatic heterocycles. The minimum Gasteiger partial charge on any atom is -0.619 e. The Morgan fingerprint density at radius 3 is 1.39 bits per heavy atom. The summed E-state index contributed by atoms with van der Waals surface area (Å²) in [7, 11) is 0. The van der Waals surface area contributed by atoms with E-state index in [1.807, 2.05) is 34.6 Å². The Labute approximate surface area is 281 Å². The van der Waals surface area contributed by atoms with Gasteiger partial charge in [-0.2, -0.15) is 4.73 Å². The van der Waals surface area contributed by atoms with Crippen LogP contribution in [0.2, 0.25) is 0 Å². The van der Waals surface area contributed by atoms with Gasteiger partial charge in [-0.3, -0.25) is 9.59 Å². The molecule has 0 saturated heterocycles. The molecule has 264 valence electrons. The quantitative estimate of drug-likeness (QED) is 0.212. The number of hydrogen-bond donors (Lipinski definition) is 2. The fourth-order valence-electron chi connectivity index (χ4n) is 2.68. The number of nitrogens with zero attached hydrogens (tertiary/aromatic N) is 1. The summed E-state index contributed by atoms with van der Waals surface area (Å²) in [4.78, 5) is 21.2. The molecule has 7 nitrogen and oxygen atoms in total. The molecule has 0 aliphatic carbocycles. The third kappa shape index (κ3) is 36.7. The van der Waals surface area contributed by atoms with E-state index in [0.29, 0.717) is 10.8 Å². The first kappa shape index (κ1) is 49.4. The number of rotatable bonds is 2. The minimum atomic E-state index is -0.420. The molecule has 0 spiro atoms. The summed E-state index contributed by atoms with van der Waals surface area (Å²) >= 11 is 0. The first-order valence-corrected chi connectivity index (χ1v) is 16.0. The molecular formula is C39H67NO6. The summed E-state index contributed by atoms with van der Waals surface area (Å²) in [6, 6.07) is 16.9. The van der Waals surface area contributed by atoms with Crippen LogP contribution in [0.25, 0.3) is 0 Å². The summed E-state index contributed by atoms with van der Waals surface area (Å²) in [5.74, 6) is 0.329. The SMILES string of the molecule is CC.CC(=O)[C@H](CO)C(C)(C)C.CC(C)(C)C.CC(C)(C)c1ccccc1.CC(C)C.O=c1ccocc1O.[O-][n+]1ccccc1. The second-order valence-corrected chi connectivity index (χ2v) is 14.6. The van der Waals surface area contributed by atoms with Crippen molar-refractivity contribution in [2.45, 2.75) is 116 Å². The molecule has 2 heterocycles. The van der Waals surface area contributed by atoms with Crippen LogP contribution in [0, 0.1) is 27.9 Å². The van der Waals surface area contributed by atoms with Crippen molar-refractivity contribution >= 4 is 5.78 Å². The number of aliphatic hydroxyl groups excluding tert-OH is 1. The smallest absolute Gasteiger partial charge is 0.226 e. The molecular weight excluding hydrogens is 578 g/mol. The van der Waals surface area contributed by atoms with E-state index in [9.17, 15) is 14.8 Å². The Kier molecular flexibility index (Phi) is 28.7. The van der Waals surface area contributed by atoms with Crippen LogP contribution in [0.4, 0.5) is 0 Å². The van der Waals surface area contributed by atoms with Crippen molar-refractivity contribution in [2.75, 3.05) is 6.61 Å². The Hall–Kier alpha value is -3.45. The van der Waals surface area contributed by atoms with E-state index in [-0.39, 0.29) is 29.5 Å². The van der Waals surface area contributed by atoms with Crippen LogP contribution in [0.5, 0.6) is 5.75 Å². The van der Waals surface area contributed by atoms with E-state index in [1.165, 1.54) is 31.1 Å². The summed E-state index contributed by atoms with van der Waals surface area (Å²) in [6.45, 7) is 33.3. The van der Waals surface area contributed by atoms with Gasteiger partial charge in [-0.15, -0.1) is 0 Å². The highest BCUT2D eigenvalue weighted by atomic mass is 16.5. The molecule has 2 N–H and O–H groups in total. The van der Waals surface area contributed by atoms with Gasteiger partial charge in [-0.05, 0) is 34.7 Å². The fourth-order valence-corrected chi connectivity index (χ4v) is 2.68. The van der Waals surface area contributed by atoms with E-state index in [4.69, 9.17) is 10.2 Å². The number of carbonyl (C=O) groups excluding carboxylic acids is 1. The minimum absolute atomic E-state index is 0.0428. The molecule has 0 radical (unpaired) electrons. The number of aromatic hydroxyl groups is 1. The van der Waals surface area contributed by atoms with Gasteiger partial charge in [0.2, 0.25) is 5.43 Å². The van der Waals surface area contributed by atoms with Gasteiger partial charge in [-0.1, -0.05) is 140 Å². The lowest BCUT2D eigenvalue weighted by molar-refractivity contribution is -0.605. The number of benzene rings is 1. The van der Waals surface area contributed by atoms with Crippen LogP contribution in [0.3, 0.4) is 0 Å². The molecule has 46 heavy (non-hydrogen) atoms. The number of pyridine rings is 1. The maximum Gasteiger partial charge on any atom is 0.226 e. The fraction of sp³-hybridized carbons (Fsp3) is 0.564. The van der Waals surface area contributed by atoms with Gasteiger partial charge < -0.3 is 19.8 Å². The van der Waals surface area contributed by atoms with Crippen molar-refractivity contribution in [1.82, 2.24) is 0 Å². The Morgan fingerprint density at radius 1 is 0.826 bits per heavy atom. The number of aliphatic hydroxyl groups is 1. The average Bonchev–Trinajstić information content (AvgIpc) is 2.91. The zero-order valence-electron chi connectivity index (χ0n) is 31.8. The number of carbonyl (C=O) groups is 1. The summed E-state index contributed by atoms with van der Waals surface area (Å²) < 4.78 is 5.19. The molecule has 3 rings (SSSR count). The molecule has 1 atom stereocenters. The van der Waals surface area contributed by atoms with E-state index in [2.05, 4.69) is 104 Å². The average molecular weight is 646 g/mol. The third-order valence-electron chi connectivity index (χ3n) is 4.78. The zero-order valence-corrected chi connectivity index (χ0v) is 31.8. The van der Waals surface area contributed by atoms with Gasteiger partial charge in [0, 0.05) is 24.1 Å². The van der Waals surface area contributed by atoms with Crippen LogP contribution >= 0.6 is 0 Å². The Bertz CT molecular complexity index is 1140. The molecule has 0 amide bonds. The van der Waals surface area contributed by atoms with Crippen molar-refractivity contribution in [3.8, 4) is 5.75 Å². The largest absolute Gasteiger partial charge is 0.619 e.